The van der Waals surface area contributed by atoms with Crippen LogP contribution in [0.5, 0.6) is 0 Å². The number of hydrogen-bond acceptors (Lipinski definition) is 3. The van der Waals surface area contributed by atoms with E-state index in [1.165, 1.54) is 6.07 Å². The molecule has 1 aromatic carbocycles. The van der Waals surface area contributed by atoms with Gasteiger partial charge in [0.05, 0.1) is 11.2 Å². The summed E-state index contributed by atoms with van der Waals surface area (Å²) in [5, 5.41) is 0. The van der Waals surface area contributed by atoms with Gasteiger partial charge in [0, 0.05) is 18.7 Å². The Kier molecular flexibility index (Phi) is 4.08. The highest BCUT2D eigenvalue weighted by Crippen LogP contribution is 2.37. The summed E-state index contributed by atoms with van der Waals surface area (Å²) in [7, 11) is -0.648. The van der Waals surface area contributed by atoms with Crippen LogP contribution in [0.2, 0.25) is 0 Å². The minimum Gasteiger partial charge on any atom is -0.399 e. The van der Waals surface area contributed by atoms with Crippen LogP contribution in [-0.2, 0) is 14.0 Å². The lowest BCUT2D eigenvalue weighted by atomic mass is 9.76. The van der Waals surface area contributed by atoms with Crippen LogP contribution in [0.1, 0.15) is 52.0 Å². The number of rotatable bonds is 2. The molecule has 22 heavy (non-hydrogen) atoms. The molecule has 3 nitrogen and oxygen atoms in total. The number of hydrogen-bond donors (Lipinski definition) is 0. The summed E-state index contributed by atoms with van der Waals surface area (Å²) in [6.45, 7) is 9.46. The summed E-state index contributed by atoms with van der Waals surface area (Å²) >= 11 is 0. The van der Waals surface area contributed by atoms with Gasteiger partial charge in [-0.1, -0.05) is 12.1 Å². The van der Waals surface area contributed by atoms with Crippen molar-refractivity contribution in [2.24, 2.45) is 0 Å². The van der Waals surface area contributed by atoms with Crippen LogP contribution in [-0.4, -0.2) is 31.5 Å². The second-order valence-corrected chi connectivity index (χ2v) is 7.26. The molecule has 0 spiro atoms. The molecule has 0 saturated carbocycles. The van der Waals surface area contributed by atoms with Crippen molar-refractivity contribution >= 4 is 12.6 Å². The Morgan fingerprint density at radius 3 is 2.23 bits per heavy atom. The first-order valence-electron chi connectivity index (χ1n) is 8.03. The zero-order valence-electron chi connectivity index (χ0n) is 13.8. The van der Waals surface area contributed by atoms with Gasteiger partial charge in [0.15, 0.2) is 0 Å². The van der Waals surface area contributed by atoms with Crippen molar-refractivity contribution in [1.82, 2.24) is 0 Å². The smallest absolute Gasteiger partial charge is 0.399 e. The molecule has 5 heteroatoms. The lowest BCUT2D eigenvalue weighted by molar-refractivity contribution is 0.00578. The van der Waals surface area contributed by atoms with E-state index in [4.69, 9.17) is 14.0 Å². The molecule has 0 radical (unpaired) electrons. The molecule has 0 bridgehead atoms. The molecular formula is C17H24BFO3. The zero-order valence-corrected chi connectivity index (χ0v) is 13.8. The van der Waals surface area contributed by atoms with Gasteiger partial charge in [-0.25, -0.2) is 4.39 Å². The standard InChI is InChI=1S/C17H24BFO3/c1-16(2)17(3,4)22-18(21-16)14-11-13(5-6-15(14)19)12-7-9-20-10-8-12/h5-6,11-12H,7-10H2,1-4H3. The van der Waals surface area contributed by atoms with E-state index in [9.17, 15) is 4.39 Å². The van der Waals surface area contributed by atoms with Crippen molar-refractivity contribution < 1.29 is 18.4 Å². The second kappa shape index (κ2) is 5.62. The quantitative estimate of drug-likeness (QED) is 0.786. The predicted octanol–water partition coefficient (Wildman–Crippen LogP) is 3.02. The highest BCUT2D eigenvalue weighted by molar-refractivity contribution is 6.62. The Morgan fingerprint density at radius 2 is 1.64 bits per heavy atom. The summed E-state index contributed by atoms with van der Waals surface area (Å²) in [5.41, 5.74) is 0.731. The van der Waals surface area contributed by atoms with Gasteiger partial charge in [0.25, 0.3) is 0 Å². The fourth-order valence-corrected chi connectivity index (χ4v) is 3.00. The molecule has 3 rings (SSSR count). The minimum absolute atomic E-state index is 0.269. The summed E-state index contributed by atoms with van der Waals surface area (Å²) in [4.78, 5) is 0. The summed E-state index contributed by atoms with van der Waals surface area (Å²) < 4.78 is 31.7. The van der Waals surface area contributed by atoms with Crippen LogP contribution in [0, 0.1) is 5.82 Å². The maximum Gasteiger partial charge on any atom is 0.497 e. The number of halogens is 1. The first-order chi connectivity index (χ1) is 10.3. The van der Waals surface area contributed by atoms with Crippen LogP contribution >= 0.6 is 0 Å². The minimum atomic E-state index is -0.648. The average Bonchev–Trinajstić information content (AvgIpc) is 2.69. The third-order valence-corrected chi connectivity index (χ3v) is 5.22. The Hall–Kier alpha value is -0.905. The third kappa shape index (κ3) is 2.82. The normalized spacial score (nSPS) is 24.7. The molecular weight excluding hydrogens is 282 g/mol. The SMILES string of the molecule is CC1(C)OB(c2cc(C3CCOCC3)ccc2F)OC1(C)C. The van der Waals surface area contributed by atoms with Gasteiger partial charge in [-0.15, -0.1) is 0 Å². The van der Waals surface area contributed by atoms with Crippen LogP contribution in [0.15, 0.2) is 18.2 Å². The molecule has 2 aliphatic heterocycles. The van der Waals surface area contributed by atoms with Gasteiger partial charge in [-0.05, 0) is 58.1 Å². The lowest BCUT2D eigenvalue weighted by Crippen LogP contribution is -2.41. The largest absolute Gasteiger partial charge is 0.497 e. The maximum absolute atomic E-state index is 14.3. The fourth-order valence-electron chi connectivity index (χ4n) is 3.00. The van der Waals surface area contributed by atoms with E-state index < -0.39 is 18.3 Å². The topological polar surface area (TPSA) is 27.7 Å². The molecule has 1 aromatic rings. The van der Waals surface area contributed by atoms with Crippen molar-refractivity contribution in [3.63, 3.8) is 0 Å². The second-order valence-electron chi connectivity index (χ2n) is 7.26. The van der Waals surface area contributed by atoms with Gasteiger partial charge >= 0.3 is 7.12 Å². The van der Waals surface area contributed by atoms with Crippen molar-refractivity contribution in [1.29, 1.82) is 0 Å². The molecule has 0 aromatic heterocycles. The van der Waals surface area contributed by atoms with E-state index in [1.54, 1.807) is 0 Å². The van der Waals surface area contributed by atoms with E-state index in [-0.39, 0.29) is 5.82 Å². The Labute approximate surface area is 132 Å². The van der Waals surface area contributed by atoms with E-state index in [0.29, 0.717) is 11.4 Å². The molecule has 120 valence electrons. The molecule has 2 heterocycles. The molecule has 2 saturated heterocycles. The summed E-state index contributed by atoms with van der Waals surface area (Å²) in [6.07, 6.45) is 1.96. The molecule has 0 atom stereocenters. The van der Waals surface area contributed by atoms with Crippen molar-refractivity contribution in [3.8, 4) is 0 Å². The zero-order chi connectivity index (χ0) is 16.0. The predicted molar refractivity (Wildman–Crippen MR) is 84.9 cm³/mol. The van der Waals surface area contributed by atoms with Crippen LogP contribution in [0.3, 0.4) is 0 Å². The van der Waals surface area contributed by atoms with Gasteiger partial charge in [-0.3, -0.25) is 0 Å². The Morgan fingerprint density at radius 1 is 1.05 bits per heavy atom. The molecule has 0 aliphatic carbocycles. The van der Waals surface area contributed by atoms with E-state index in [0.717, 1.165) is 31.6 Å². The maximum atomic E-state index is 14.3. The molecule has 2 fully saturated rings. The van der Waals surface area contributed by atoms with Crippen molar-refractivity contribution in [3.05, 3.63) is 29.6 Å². The van der Waals surface area contributed by atoms with Gasteiger partial charge in [0.2, 0.25) is 0 Å². The lowest BCUT2D eigenvalue weighted by Gasteiger charge is -2.32. The fraction of sp³-hybridized carbons (Fsp3) is 0.647. The molecule has 2 aliphatic rings. The summed E-state index contributed by atoms with van der Waals surface area (Å²) in [6, 6.07) is 5.32. The molecule has 0 N–H and O–H groups in total. The Balaban J connectivity index is 1.88. The number of ether oxygens (including phenoxy) is 1. The highest BCUT2D eigenvalue weighted by atomic mass is 19.1. The highest BCUT2D eigenvalue weighted by Gasteiger charge is 2.52. The third-order valence-electron chi connectivity index (χ3n) is 5.22. The van der Waals surface area contributed by atoms with Crippen LogP contribution in [0.4, 0.5) is 4.39 Å². The first kappa shape index (κ1) is 16.0. The van der Waals surface area contributed by atoms with E-state index >= 15 is 0 Å². The van der Waals surface area contributed by atoms with Crippen LogP contribution in [0.25, 0.3) is 0 Å². The monoisotopic (exact) mass is 306 g/mol. The molecule has 0 amide bonds. The number of benzene rings is 1. The van der Waals surface area contributed by atoms with Gasteiger partial charge < -0.3 is 14.0 Å². The van der Waals surface area contributed by atoms with Crippen LogP contribution < -0.4 is 5.46 Å². The van der Waals surface area contributed by atoms with E-state index in [1.807, 2.05) is 39.8 Å². The van der Waals surface area contributed by atoms with E-state index in [2.05, 4.69) is 0 Å². The van der Waals surface area contributed by atoms with Gasteiger partial charge in [-0.2, -0.15) is 0 Å². The summed E-state index contributed by atoms with van der Waals surface area (Å²) in [5.74, 6) is 0.157. The van der Waals surface area contributed by atoms with Crippen molar-refractivity contribution in [2.75, 3.05) is 13.2 Å². The van der Waals surface area contributed by atoms with Crippen molar-refractivity contribution in [2.45, 2.75) is 57.7 Å². The first-order valence-corrected chi connectivity index (χ1v) is 8.03. The Bertz CT molecular complexity index is 537. The molecule has 0 unspecified atom stereocenters. The van der Waals surface area contributed by atoms with Gasteiger partial charge in [0.1, 0.15) is 5.82 Å². The average molecular weight is 306 g/mol.